The van der Waals surface area contributed by atoms with Crippen molar-refractivity contribution in [2.75, 3.05) is 33.0 Å². The highest BCUT2D eigenvalue weighted by Crippen LogP contribution is 2.25. The van der Waals surface area contributed by atoms with E-state index < -0.39 is 12.6 Å². The normalized spacial score (nSPS) is 23.9. The average Bonchev–Trinajstić information content (AvgIpc) is 3.01. The van der Waals surface area contributed by atoms with Crippen LogP contribution in [0.1, 0.15) is 31.5 Å². The van der Waals surface area contributed by atoms with Gasteiger partial charge in [-0.15, -0.1) is 5.10 Å². The Morgan fingerprint density at radius 1 is 1.12 bits per heavy atom. The summed E-state index contributed by atoms with van der Waals surface area (Å²) < 4.78 is 50.1. The van der Waals surface area contributed by atoms with Gasteiger partial charge in [0.1, 0.15) is 0 Å². The summed E-state index contributed by atoms with van der Waals surface area (Å²) in [6, 6.07) is -0.261. The van der Waals surface area contributed by atoms with Gasteiger partial charge in [-0.2, -0.15) is 13.2 Å². The van der Waals surface area contributed by atoms with Gasteiger partial charge in [0.2, 0.25) is 0 Å². The third-order valence-corrected chi connectivity index (χ3v) is 4.83. The van der Waals surface area contributed by atoms with Gasteiger partial charge in [-0.05, 0) is 35.6 Å². The van der Waals surface area contributed by atoms with E-state index in [-0.39, 0.29) is 12.5 Å². The molecule has 1 aromatic heterocycles. The van der Waals surface area contributed by atoms with Crippen LogP contribution < -0.4 is 0 Å². The summed E-state index contributed by atoms with van der Waals surface area (Å²) in [4.78, 5) is 2.00. The van der Waals surface area contributed by atoms with Gasteiger partial charge in [0.25, 0.3) is 0 Å². The van der Waals surface area contributed by atoms with Gasteiger partial charge in [0.05, 0.1) is 19.8 Å². The summed E-state index contributed by atoms with van der Waals surface area (Å²) in [5.41, 5.74) is 0. The Labute approximate surface area is 144 Å². The Morgan fingerprint density at radius 2 is 1.92 bits per heavy atom. The highest BCUT2D eigenvalue weighted by atomic mass is 19.4. The fourth-order valence-corrected chi connectivity index (χ4v) is 3.33. The molecule has 0 bridgehead atoms. The monoisotopic (exact) mass is 363 g/mol. The molecule has 1 aromatic rings. The van der Waals surface area contributed by atoms with Crippen LogP contribution >= 0.6 is 0 Å². The molecule has 2 fully saturated rings. The zero-order valence-electron chi connectivity index (χ0n) is 14.1. The van der Waals surface area contributed by atoms with E-state index in [0.717, 1.165) is 32.6 Å². The van der Waals surface area contributed by atoms with Crippen molar-refractivity contribution in [2.24, 2.45) is 5.92 Å². The molecule has 0 amide bonds. The summed E-state index contributed by atoms with van der Waals surface area (Å²) in [6.45, 7) is 4.11. The molecule has 2 aliphatic heterocycles. The fourth-order valence-electron chi connectivity index (χ4n) is 3.33. The van der Waals surface area contributed by atoms with Gasteiger partial charge in [0.15, 0.2) is 5.82 Å². The van der Waals surface area contributed by atoms with Crippen molar-refractivity contribution in [1.29, 1.82) is 0 Å². The Balaban J connectivity index is 1.59. The smallest absolute Gasteiger partial charge is 0.381 e. The molecule has 0 N–H and O–H groups in total. The highest BCUT2D eigenvalue weighted by molar-refractivity contribution is 4.86. The molecule has 2 saturated heterocycles. The van der Waals surface area contributed by atoms with Crippen LogP contribution in [0.3, 0.4) is 0 Å². The summed E-state index contributed by atoms with van der Waals surface area (Å²) in [5, 5.41) is 11.9. The van der Waals surface area contributed by atoms with Crippen molar-refractivity contribution in [2.45, 2.75) is 51.0 Å². The Kier molecular flexibility index (Phi) is 6.24. The van der Waals surface area contributed by atoms with E-state index in [1.165, 1.54) is 0 Å². The van der Waals surface area contributed by atoms with E-state index in [4.69, 9.17) is 9.47 Å². The van der Waals surface area contributed by atoms with Crippen molar-refractivity contribution >= 4 is 0 Å². The fraction of sp³-hybridized carbons (Fsp3) is 0.933. The number of aromatic nitrogens is 4. The van der Waals surface area contributed by atoms with Gasteiger partial charge in [-0.1, -0.05) is 0 Å². The SMILES string of the molecule is FC(F)(F)CCC1COCCN1Cc1nnnn1CC1CCOCC1. The average molecular weight is 363 g/mol. The maximum atomic E-state index is 12.5. The van der Waals surface area contributed by atoms with Gasteiger partial charge < -0.3 is 9.47 Å². The summed E-state index contributed by atoms with van der Waals surface area (Å²) >= 11 is 0. The first kappa shape index (κ1) is 18.5. The topological polar surface area (TPSA) is 65.3 Å². The van der Waals surface area contributed by atoms with E-state index in [1.54, 1.807) is 4.68 Å². The zero-order chi connectivity index (χ0) is 17.7. The van der Waals surface area contributed by atoms with Crippen LogP contribution in [0, 0.1) is 5.92 Å². The molecule has 1 unspecified atom stereocenters. The lowest BCUT2D eigenvalue weighted by atomic mass is 10.0. The largest absolute Gasteiger partial charge is 0.389 e. The van der Waals surface area contributed by atoms with Crippen molar-refractivity contribution in [3.63, 3.8) is 0 Å². The first-order chi connectivity index (χ1) is 12.0. The van der Waals surface area contributed by atoms with Crippen LogP contribution in [0.25, 0.3) is 0 Å². The van der Waals surface area contributed by atoms with Gasteiger partial charge >= 0.3 is 6.18 Å². The lowest BCUT2D eigenvalue weighted by Gasteiger charge is -2.35. The number of morpholine rings is 1. The van der Waals surface area contributed by atoms with E-state index in [1.807, 2.05) is 4.90 Å². The highest BCUT2D eigenvalue weighted by Gasteiger charge is 2.32. The minimum absolute atomic E-state index is 0.0328. The maximum absolute atomic E-state index is 12.5. The standard InChI is InChI=1S/C15H24F3N5O2/c16-15(17,18)4-1-13-11-25-8-5-22(13)10-14-19-20-21-23(14)9-12-2-6-24-7-3-12/h12-13H,1-11H2. The third-order valence-electron chi connectivity index (χ3n) is 4.83. The number of rotatable bonds is 6. The second kappa shape index (κ2) is 8.41. The van der Waals surface area contributed by atoms with Gasteiger partial charge in [-0.25, -0.2) is 4.68 Å². The lowest BCUT2D eigenvalue weighted by molar-refractivity contribution is -0.142. The first-order valence-corrected chi connectivity index (χ1v) is 8.72. The Hall–Kier alpha value is -1.26. The second-order valence-electron chi connectivity index (χ2n) is 6.69. The molecular weight excluding hydrogens is 339 g/mol. The summed E-state index contributed by atoms with van der Waals surface area (Å²) in [6.07, 6.45) is -2.96. The van der Waals surface area contributed by atoms with E-state index in [0.29, 0.717) is 38.0 Å². The van der Waals surface area contributed by atoms with Crippen LogP contribution in [0.15, 0.2) is 0 Å². The van der Waals surface area contributed by atoms with Crippen molar-refractivity contribution in [3.05, 3.63) is 5.82 Å². The number of alkyl halides is 3. The molecule has 3 heterocycles. The van der Waals surface area contributed by atoms with Crippen LogP contribution in [0.5, 0.6) is 0 Å². The molecule has 25 heavy (non-hydrogen) atoms. The zero-order valence-corrected chi connectivity index (χ0v) is 14.1. The maximum Gasteiger partial charge on any atom is 0.389 e. The number of ether oxygens (including phenoxy) is 2. The van der Waals surface area contributed by atoms with Gasteiger partial charge in [0, 0.05) is 38.8 Å². The second-order valence-corrected chi connectivity index (χ2v) is 6.69. The predicted octanol–water partition coefficient (Wildman–Crippen LogP) is 1.64. The van der Waals surface area contributed by atoms with Crippen LogP contribution in [0.4, 0.5) is 13.2 Å². The lowest BCUT2D eigenvalue weighted by Crippen LogP contribution is -2.45. The first-order valence-electron chi connectivity index (χ1n) is 8.72. The molecule has 7 nitrogen and oxygen atoms in total. The van der Waals surface area contributed by atoms with E-state index >= 15 is 0 Å². The minimum atomic E-state index is -4.15. The molecule has 3 rings (SSSR count). The Morgan fingerprint density at radius 3 is 2.68 bits per heavy atom. The minimum Gasteiger partial charge on any atom is -0.381 e. The summed E-state index contributed by atoms with van der Waals surface area (Å²) in [7, 11) is 0. The molecule has 1 atom stereocenters. The van der Waals surface area contributed by atoms with Gasteiger partial charge in [-0.3, -0.25) is 4.90 Å². The number of hydrogen-bond donors (Lipinski definition) is 0. The van der Waals surface area contributed by atoms with E-state index in [9.17, 15) is 13.2 Å². The molecule has 0 aromatic carbocycles. The molecule has 2 aliphatic rings. The number of nitrogens with zero attached hydrogens (tertiary/aromatic N) is 5. The van der Waals surface area contributed by atoms with Crippen LogP contribution in [-0.4, -0.2) is 70.3 Å². The molecule has 10 heteroatoms. The molecule has 0 spiro atoms. The molecule has 142 valence electrons. The number of hydrogen-bond acceptors (Lipinski definition) is 6. The van der Waals surface area contributed by atoms with Crippen molar-refractivity contribution in [3.8, 4) is 0 Å². The molecule has 0 saturated carbocycles. The quantitative estimate of drug-likeness (QED) is 0.766. The Bertz CT molecular complexity index is 533. The molecule has 0 aliphatic carbocycles. The number of halogens is 3. The number of tetrazole rings is 1. The predicted molar refractivity (Wildman–Crippen MR) is 81.7 cm³/mol. The van der Waals surface area contributed by atoms with Crippen molar-refractivity contribution < 1.29 is 22.6 Å². The molecule has 0 radical (unpaired) electrons. The van der Waals surface area contributed by atoms with Crippen LogP contribution in [-0.2, 0) is 22.6 Å². The molecular formula is C15H24F3N5O2. The third kappa shape index (κ3) is 5.61. The van der Waals surface area contributed by atoms with Crippen molar-refractivity contribution in [1.82, 2.24) is 25.1 Å². The summed E-state index contributed by atoms with van der Waals surface area (Å²) in [5.74, 6) is 1.17. The van der Waals surface area contributed by atoms with Crippen LogP contribution in [0.2, 0.25) is 0 Å². The van der Waals surface area contributed by atoms with E-state index in [2.05, 4.69) is 15.5 Å².